The smallest absolute Gasteiger partial charge is 0.249 e. The number of amides is 1. The summed E-state index contributed by atoms with van der Waals surface area (Å²) in [5, 5.41) is 3.15. The van der Waals surface area contributed by atoms with Crippen LogP contribution in [0.15, 0.2) is 0 Å². The van der Waals surface area contributed by atoms with E-state index in [9.17, 15) is 4.79 Å². The van der Waals surface area contributed by atoms with E-state index in [1.54, 1.807) is 0 Å². The molecule has 1 amide bonds. The molecule has 3 aliphatic rings. The molecule has 3 saturated heterocycles. The molecule has 0 radical (unpaired) electrons. The Morgan fingerprint density at radius 1 is 1.21 bits per heavy atom. The van der Waals surface area contributed by atoms with Crippen LogP contribution in [0, 0.1) is 0 Å². The molecule has 0 saturated carbocycles. The molecule has 3 fully saturated rings. The fraction of sp³-hybridized carbons (Fsp3) is 0.944. The number of carbonyl (C=O) groups excluding carboxylic acids is 1. The summed E-state index contributed by atoms with van der Waals surface area (Å²) in [6.45, 7) is 5.34. The Labute approximate surface area is 144 Å². The zero-order chi connectivity index (χ0) is 16.8. The summed E-state index contributed by atoms with van der Waals surface area (Å²) < 4.78 is 22.9. The molecule has 0 aromatic rings. The van der Waals surface area contributed by atoms with Crippen LogP contribution in [0.2, 0.25) is 0 Å². The average Bonchev–Trinajstić information content (AvgIpc) is 2.61. The summed E-state index contributed by atoms with van der Waals surface area (Å²) >= 11 is 0. The summed E-state index contributed by atoms with van der Waals surface area (Å²) in [4.78, 5) is 12.4. The lowest BCUT2D eigenvalue weighted by molar-refractivity contribution is -0.148. The molecule has 0 bridgehead atoms. The van der Waals surface area contributed by atoms with Crippen LogP contribution in [0.5, 0.6) is 0 Å². The van der Waals surface area contributed by atoms with Crippen LogP contribution in [0.1, 0.15) is 51.9 Å². The van der Waals surface area contributed by atoms with Gasteiger partial charge in [-0.25, -0.2) is 0 Å². The Morgan fingerprint density at radius 3 is 2.79 bits per heavy atom. The van der Waals surface area contributed by atoms with Gasteiger partial charge in [-0.3, -0.25) is 4.79 Å². The van der Waals surface area contributed by atoms with Gasteiger partial charge < -0.3 is 24.3 Å². The average molecular weight is 341 g/mol. The van der Waals surface area contributed by atoms with Gasteiger partial charge >= 0.3 is 0 Å². The van der Waals surface area contributed by atoms with Gasteiger partial charge in [0.1, 0.15) is 6.10 Å². The van der Waals surface area contributed by atoms with Crippen molar-refractivity contribution in [3.05, 3.63) is 0 Å². The highest BCUT2D eigenvalue weighted by Gasteiger charge is 2.39. The number of nitrogens with one attached hydrogen (secondary N) is 1. The lowest BCUT2D eigenvalue weighted by Gasteiger charge is -2.43. The number of hydrogen-bond donors (Lipinski definition) is 1. The lowest BCUT2D eigenvalue weighted by atomic mass is 9.84. The van der Waals surface area contributed by atoms with Crippen molar-refractivity contribution < 1.29 is 23.7 Å². The number of carbonyl (C=O) groups is 1. The second kappa shape index (κ2) is 8.61. The molecule has 24 heavy (non-hydrogen) atoms. The van der Waals surface area contributed by atoms with E-state index in [1.165, 1.54) is 6.42 Å². The van der Waals surface area contributed by atoms with Crippen LogP contribution in [0.3, 0.4) is 0 Å². The largest absolute Gasteiger partial charge is 0.381 e. The minimum Gasteiger partial charge on any atom is -0.381 e. The first kappa shape index (κ1) is 18.1. The van der Waals surface area contributed by atoms with Crippen LogP contribution in [0.25, 0.3) is 0 Å². The zero-order valence-corrected chi connectivity index (χ0v) is 14.8. The second-order valence-corrected chi connectivity index (χ2v) is 7.31. The van der Waals surface area contributed by atoms with Gasteiger partial charge in [0, 0.05) is 32.5 Å². The zero-order valence-electron chi connectivity index (χ0n) is 14.8. The quantitative estimate of drug-likeness (QED) is 0.826. The van der Waals surface area contributed by atoms with E-state index < -0.39 is 6.10 Å². The van der Waals surface area contributed by atoms with Crippen molar-refractivity contribution in [2.24, 2.45) is 0 Å². The molecule has 3 aliphatic heterocycles. The molecule has 1 spiro atoms. The third-order valence-electron chi connectivity index (χ3n) is 5.42. The molecule has 138 valence electrons. The number of hydrogen-bond acceptors (Lipinski definition) is 5. The van der Waals surface area contributed by atoms with E-state index in [-0.39, 0.29) is 23.7 Å². The van der Waals surface area contributed by atoms with Crippen molar-refractivity contribution in [3.63, 3.8) is 0 Å². The summed E-state index contributed by atoms with van der Waals surface area (Å²) in [5.74, 6) is -0.0279. The van der Waals surface area contributed by atoms with Crippen molar-refractivity contribution in [3.8, 4) is 0 Å². The van der Waals surface area contributed by atoms with Crippen molar-refractivity contribution in [2.45, 2.75) is 75.7 Å². The lowest BCUT2D eigenvalue weighted by Crippen LogP contribution is -2.52. The molecule has 0 unspecified atom stereocenters. The maximum atomic E-state index is 12.4. The van der Waals surface area contributed by atoms with Crippen molar-refractivity contribution in [1.82, 2.24) is 5.32 Å². The van der Waals surface area contributed by atoms with Gasteiger partial charge in [-0.1, -0.05) is 0 Å². The molecule has 1 N–H and O–H groups in total. The van der Waals surface area contributed by atoms with E-state index in [1.807, 2.05) is 6.92 Å². The maximum absolute atomic E-state index is 12.4. The molecule has 6 heteroatoms. The Bertz CT molecular complexity index is 399. The number of ether oxygens (including phenoxy) is 4. The molecular formula is C18H31NO5. The predicted molar refractivity (Wildman–Crippen MR) is 88.9 cm³/mol. The third-order valence-corrected chi connectivity index (χ3v) is 5.42. The Kier molecular flexibility index (Phi) is 6.49. The van der Waals surface area contributed by atoms with E-state index >= 15 is 0 Å². The van der Waals surface area contributed by atoms with Crippen LogP contribution in [-0.4, -0.2) is 62.8 Å². The van der Waals surface area contributed by atoms with Gasteiger partial charge in [-0.05, 0) is 51.9 Å². The normalized spacial score (nSPS) is 31.5. The van der Waals surface area contributed by atoms with Crippen LogP contribution in [0.4, 0.5) is 0 Å². The summed E-state index contributed by atoms with van der Waals surface area (Å²) in [6, 6.07) is 0.168. The van der Waals surface area contributed by atoms with Gasteiger partial charge in [0.15, 0.2) is 0 Å². The first-order chi connectivity index (χ1) is 11.7. The topological polar surface area (TPSA) is 66.0 Å². The highest BCUT2D eigenvalue weighted by molar-refractivity contribution is 5.80. The first-order valence-corrected chi connectivity index (χ1v) is 9.42. The van der Waals surface area contributed by atoms with Crippen molar-refractivity contribution >= 4 is 5.91 Å². The summed E-state index contributed by atoms with van der Waals surface area (Å²) in [5.41, 5.74) is -0.103. The van der Waals surface area contributed by atoms with Gasteiger partial charge in [0.25, 0.3) is 0 Å². The van der Waals surface area contributed by atoms with Crippen LogP contribution < -0.4 is 5.32 Å². The Hall–Kier alpha value is -0.690. The van der Waals surface area contributed by atoms with Crippen LogP contribution >= 0.6 is 0 Å². The fourth-order valence-electron chi connectivity index (χ4n) is 3.83. The highest BCUT2D eigenvalue weighted by atomic mass is 16.5. The highest BCUT2D eigenvalue weighted by Crippen LogP contribution is 2.34. The molecule has 3 rings (SSSR count). The van der Waals surface area contributed by atoms with Gasteiger partial charge in [0.2, 0.25) is 5.91 Å². The predicted octanol–water partition coefficient (Wildman–Crippen LogP) is 1.80. The van der Waals surface area contributed by atoms with Gasteiger partial charge in [-0.15, -0.1) is 0 Å². The Morgan fingerprint density at radius 2 is 2.04 bits per heavy atom. The molecule has 0 aromatic heterocycles. The van der Waals surface area contributed by atoms with Gasteiger partial charge in [0.05, 0.1) is 18.3 Å². The maximum Gasteiger partial charge on any atom is 0.249 e. The third kappa shape index (κ3) is 4.91. The molecular weight excluding hydrogens is 310 g/mol. The molecule has 3 atom stereocenters. The molecule has 3 heterocycles. The van der Waals surface area contributed by atoms with E-state index in [2.05, 4.69) is 5.32 Å². The molecule has 0 aromatic carbocycles. The molecule has 6 nitrogen and oxygen atoms in total. The van der Waals surface area contributed by atoms with Crippen molar-refractivity contribution in [2.75, 3.05) is 33.0 Å². The monoisotopic (exact) mass is 341 g/mol. The van der Waals surface area contributed by atoms with E-state index in [0.717, 1.165) is 58.3 Å². The van der Waals surface area contributed by atoms with E-state index in [4.69, 9.17) is 18.9 Å². The van der Waals surface area contributed by atoms with Crippen LogP contribution in [-0.2, 0) is 23.7 Å². The minimum absolute atomic E-state index is 0.0279. The summed E-state index contributed by atoms with van der Waals surface area (Å²) in [7, 11) is 0. The van der Waals surface area contributed by atoms with E-state index in [0.29, 0.717) is 13.2 Å². The summed E-state index contributed by atoms with van der Waals surface area (Å²) in [6.07, 6.45) is 6.62. The number of rotatable bonds is 5. The first-order valence-electron chi connectivity index (χ1n) is 9.42. The standard InChI is InChI=1S/C18H31NO5/c1-14(23-13-16-4-2-3-8-22-16)17(20)19-15-5-9-24-18(12-15)6-10-21-11-7-18/h14-16H,2-13H2,1H3,(H,19,20)/t14-,15-,16+/m0/s1. The van der Waals surface area contributed by atoms with Gasteiger partial charge in [-0.2, -0.15) is 0 Å². The Balaban J connectivity index is 1.41. The van der Waals surface area contributed by atoms with Crippen molar-refractivity contribution in [1.29, 1.82) is 0 Å². The second-order valence-electron chi connectivity index (χ2n) is 7.31. The fourth-order valence-corrected chi connectivity index (χ4v) is 3.83. The SMILES string of the molecule is C[C@H](OC[C@H]1CCCCO1)C(=O)N[C@H]1CCOC2(CCOCC2)C1. The minimum atomic E-state index is -0.441. The molecule has 0 aliphatic carbocycles.